The summed E-state index contributed by atoms with van der Waals surface area (Å²) in [5, 5.41) is 7.62. The van der Waals surface area contributed by atoms with Crippen LogP contribution in [0.5, 0.6) is 0 Å². The number of nitrogens with one attached hydrogen (secondary N) is 2. The lowest BCUT2D eigenvalue weighted by molar-refractivity contribution is 0.897. The number of pyridine rings is 2. The van der Waals surface area contributed by atoms with E-state index in [4.69, 9.17) is 4.98 Å². The van der Waals surface area contributed by atoms with Crippen molar-refractivity contribution < 1.29 is 0 Å². The number of thiazole rings is 1. The summed E-state index contributed by atoms with van der Waals surface area (Å²) in [6, 6.07) is 4.16. The molecule has 0 unspecified atom stereocenters. The smallest absolute Gasteiger partial charge is 0.256 e. The van der Waals surface area contributed by atoms with Gasteiger partial charge in [-0.15, -0.1) is 0 Å². The molecule has 1 aromatic carbocycles. The molecule has 0 aliphatic heterocycles. The van der Waals surface area contributed by atoms with E-state index in [0.29, 0.717) is 11.4 Å². The summed E-state index contributed by atoms with van der Waals surface area (Å²) in [5.41, 5.74) is 0.827. The summed E-state index contributed by atoms with van der Waals surface area (Å²) in [4.78, 5) is 24.0. The van der Waals surface area contributed by atoms with Crippen molar-refractivity contribution in [3.8, 4) is 0 Å². The number of nitrogens with zero attached hydrogens (tertiary/aromatic N) is 2. The third-order valence-corrected chi connectivity index (χ3v) is 4.61. The largest absolute Gasteiger partial charge is 0.359 e. The van der Waals surface area contributed by atoms with Crippen molar-refractivity contribution in [2.24, 2.45) is 0 Å². The van der Waals surface area contributed by atoms with Crippen molar-refractivity contribution in [1.82, 2.24) is 15.0 Å². The summed E-state index contributed by atoms with van der Waals surface area (Å²) < 4.78 is 1.03. The van der Waals surface area contributed by atoms with Gasteiger partial charge in [0.15, 0.2) is 5.13 Å². The zero-order chi connectivity index (χ0) is 15.3. The van der Waals surface area contributed by atoms with Crippen LogP contribution in [-0.4, -0.2) is 21.0 Å². The fraction of sp³-hybridized carbons (Fsp3) is 0.188. The minimum Gasteiger partial charge on any atom is -0.359 e. The van der Waals surface area contributed by atoms with E-state index in [2.05, 4.69) is 29.1 Å². The third-order valence-electron chi connectivity index (χ3n) is 3.59. The van der Waals surface area contributed by atoms with Gasteiger partial charge in [-0.1, -0.05) is 11.3 Å². The first-order valence-electron chi connectivity index (χ1n) is 7.09. The van der Waals surface area contributed by atoms with Crippen LogP contribution in [0.4, 0.5) is 5.13 Å². The summed E-state index contributed by atoms with van der Waals surface area (Å²) in [6.45, 7) is 4.16. The van der Waals surface area contributed by atoms with Gasteiger partial charge in [-0.3, -0.25) is 9.78 Å². The van der Waals surface area contributed by atoms with Crippen LogP contribution < -0.4 is 10.9 Å². The average Bonchev–Trinajstić information content (AvgIpc) is 2.90. The van der Waals surface area contributed by atoms with E-state index >= 15 is 0 Å². The molecule has 110 valence electrons. The van der Waals surface area contributed by atoms with Crippen molar-refractivity contribution in [3.63, 3.8) is 0 Å². The number of fused-ring (bicyclic) bond motifs is 6. The lowest BCUT2D eigenvalue weighted by atomic mass is 10.0. The number of hydrogen-bond acceptors (Lipinski definition) is 5. The molecule has 0 atom stereocenters. The molecule has 5 nitrogen and oxygen atoms in total. The highest BCUT2D eigenvalue weighted by atomic mass is 32.1. The molecule has 4 rings (SSSR count). The molecule has 0 fully saturated rings. The lowest BCUT2D eigenvalue weighted by Gasteiger charge is -2.04. The maximum Gasteiger partial charge on any atom is 0.256 e. The molecule has 0 radical (unpaired) electrons. The van der Waals surface area contributed by atoms with Gasteiger partial charge >= 0.3 is 0 Å². The highest BCUT2D eigenvalue weighted by Crippen LogP contribution is 2.37. The second-order valence-corrected chi connectivity index (χ2v) is 6.51. The fourth-order valence-electron chi connectivity index (χ4n) is 2.73. The number of aromatic amines is 1. The maximum absolute atomic E-state index is 12.3. The summed E-state index contributed by atoms with van der Waals surface area (Å²) in [5.74, 6) is 0. The van der Waals surface area contributed by atoms with Crippen LogP contribution in [0.15, 0.2) is 35.5 Å². The van der Waals surface area contributed by atoms with Crippen LogP contribution in [0.1, 0.15) is 13.8 Å². The summed E-state index contributed by atoms with van der Waals surface area (Å²) >= 11 is 1.58. The monoisotopic (exact) mass is 310 g/mol. The molecular formula is C16H14N4OS. The van der Waals surface area contributed by atoms with Gasteiger partial charge in [-0.05, 0) is 26.0 Å². The Labute approximate surface area is 130 Å². The number of rotatable bonds is 2. The van der Waals surface area contributed by atoms with Gasteiger partial charge < -0.3 is 10.3 Å². The molecule has 2 N–H and O–H groups in total. The van der Waals surface area contributed by atoms with E-state index in [9.17, 15) is 4.79 Å². The molecule has 0 aliphatic rings. The molecule has 3 heterocycles. The Morgan fingerprint density at radius 2 is 2.09 bits per heavy atom. The Balaban J connectivity index is 2.24. The van der Waals surface area contributed by atoms with Crippen molar-refractivity contribution in [2.45, 2.75) is 19.9 Å². The van der Waals surface area contributed by atoms with Gasteiger partial charge in [0.2, 0.25) is 0 Å². The summed E-state index contributed by atoms with van der Waals surface area (Å²) in [7, 11) is 0. The third kappa shape index (κ3) is 1.88. The normalized spacial score (nSPS) is 11.8. The van der Waals surface area contributed by atoms with Gasteiger partial charge in [0.1, 0.15) is 0 Å². The summed E-state index contributed by atoms with van der Waals surface area (Å²) in [6.07, 6.45) is 5.16. The Morgan fingerprint density at radius 3 is 2.91 bits per heavy atom. The van der Waals surface area contributed by atoms with Crippen LogP contribution in [0.2, 0.25) is 0 Å². The standard InChI is InChI=1S/C16H14N4OS/c1-8(2)19-16-20-13-9-3-5-17-7-11(9)12-10(14(13)22-16)4-6-18-15(12)21/h3-8H,1-2H3,(H,18,21)(H,19,20). The number of hydrogen-bond donors (Lipinski definition) is 2. The van der Waals surface area contributed by atoms with Gasteiger partial charge in [-0.25, -0.2) is 4.98 Å². The Hall–Kier alpha value is -2.47. The van der Waals surface area contributed by atoms with E-state index < -0.39 is 0 Å². The Bertz CT molecular complexity index is 1060. The zero-order valence-corrected chi connectivity index (χ0v) is 13.0. The van der Waals surface area contributed by atoms with E-state index in [1.807, 2.05) is 12.1 Å². The molecule has 0 amide bonds. The minimum absolute atomic E-state index is 0.0934. The molecule has 3 aromatic heterocycles. The quantitative estimate of drug-likeness (QED) is 0.556. The van der Waals surface area contributed by atoms with E-state index in [0.717, 1.165) is 31.5 Å². The maximum atomic E-state index is 12.3. The van der Waals surface area contributed by atoms with Gasteiger partial charge in [-0.2, -0.15) is 0 Å². The topological polar surface area (TPSA) is 70.7 Å². The second-order valence-electron chi connectivity index (χ2n) is 5.51. The zero-order valence-electron chi connectivity index (χ0n) is 12.2. The van der Waals surface area contributed by atoms with E-state index in [-0.39, 0.29) is 5.56 Å². The van der Waals surface area contributed by atoms with Crippen LogP contribution in [0.25, 0.3) is 31.8 Å². The average molecular weight is 310 g/mol. The van der Waals surface area contributed by atoms with Crippen LogP contribution >= 0.6 is 11.3 Å². The number of benzene rings is 1. The molecular weight excluding hydrogens is 296 g/mol. The molecule has 4 aromatic rings. The molecule has 0 saturated heterocycles. The van der Waals surface area contributed by atoms with Crippen molar-refractivity contribution in [3.05, 3.63) is 41.1 Å². The fourth-order valence-corrected chi connectivity index (χ4v) is 3.89. The molecule has 0 aliphatic carbocycles. The van der Waals surface area contributed by atoms with Crippen LogP contribution in [0.3, 0.4) is 0 Å². The highest BCUT2D eigenvalue weighted by molar-refractivity contribution is 7.23. The molecule has 0 spiro atoms. The van der Waals surface area contributed by atoms with Gasteiger partial charge in [0, 0.05) is 40.8 Å². The minimum atomic E-state index is -0.0934. The van der Waals surface area contributed by atoms with Gasteiger partial charge in [0.05, 0.1) is 15.6 Å². The van der Waals surface area contributed by atoms with Crippen molar-refractivity contribution in [1.29, 1.82) is 0 Å². The van der Waals surface area contributed by atoms with Crippen molar-refractivity contribution >= 4 is 48.2 Å². The number of aromatic nitrogens is 3. The van der Waals surface area contributed by atoms with E-state index in [1.165, 1.54) is 0 Å². The Kier molecular flexibility index (Phi) is 2.87. The first-order chi connectivity index (χ1) is 10.6. The predicted molar refractivity (Wildman–Crippen MR) is 91.8 cm³/mol. The second kappa shape index (κ2) is 4.78. The number of H-pyrrole nitrogens is 1. The SMILES string of the molecule is CC(C)Nc1nc2c3ccncc3c3c(=O)[nH]ccc3c2s1. The molecule has 0 bridgehead atoms. The lowest BCUT2D eigenvalue weighted by Crippen LogP contribution is -2.08. The number of anilines is 1. The molecule has 22 heavy (non-hydrogen) atoms. The highest BCUT2D eigenvalue weighted by Gasteiger charge is 2.15. The van der Waals surface area contributed by atoms with Crippen molar-refractivity contribution in [2.75, 3.05) is 5.32 Å². The first-order valence-corrected chi connectivity index (χ1v) is 7.91. The first kappa shape index (κ1) is 13.2. The van der Waals surface area contributed by atoms with Gasteiger partial charge in [0.25, 0.3) is 5.56 Å². The predicted octanol–water partition coefficient (Wildman–Crippen LogP) is 3.51. The van der Waals surface area contributed by atoms with E-state index in [1.54, 1.807) is 29.9 Å². The molecule has 6 heteroatoms. The Morgan fingerprint density at radius 1 is 1.23 bits per heavy atom. The van der Waals surface area contributed by atoms with Crippen LogP contribution in [-0.2, 0) is 0 Å². The van der Waals surface area contributed by atoms with Crippen LogP contribution in [0, 0.1) is 0 Å². The molecule has 0 saturated carbocycles.